The van der Waals surface area contributed by atoms with Gasteiger partial charge in [-0.15, -0.1) is 0 Å². The smallest absolute Gasteiger partial charge is 0.300 e. The fourth-order valence-corrected chi connectivity index (χ4v) is 4.01. The SMILES string of the molecule is CC(=O)O.Cc1c(N)cc(F)cc1[N+](=O)[O-].Cc1c([N+](=O)[O-])cc(F)cc1[N+](=O)[O-].Cc1ccc(F)cc1[N+](=O)[O-].O=[N+]([O-])c1cc(F)cc2c1C=NC2. The number of nitro benzene ring substituents is 5. The van der Waals surface area contributed by atoms with Crippen LogP contribution in [-0.4, -0.2) is 41.9 Å². The molecule has 0 atom stereocenters. The molecule has 0 saturated carbocycles. The molecule has 19 nitrogen and oxygen atoms in total. The normalized spacial score (nSPS) is 10.3. The summed E-state index contributed by atoms with van der Waals surface area (Å²) in [6.07, 6.45) is 1.41. The molecule has 5 rings (SSSR count). The molecule has 1 aliphatic rings. The zero-order valence-corrected chi connectivity index (χ0v) is 28.2. The van der Waals surface area contributed by atoms with Crippen molar-refractivity contribution in [3.63, 3.8) is 0 Å². The second-order valence-corrected chi connectivity index (χ2v) is 10.4. The van der Waals surface area contributed by atoms with E-state index in [2.05, 4.69) is 4.99 Å². The third-order valence-corrected chi connectivity index (χ3v) is 6.55. The van der Waals surface area contributed by atoms with Gasteiger partial charge in [0.2, 0.25) is 0 Å². The number of aryl methyl sites for hydroxylation is 1. The molecule has 1 heterocycles. The quantitative estimate of drug-likeness (QED) is 0.0868. The number of nitro groups is 5. The minimum Gasteiger partial charge on any atom is -0.481 e. The molecule has 0 aromatic heterocycles. The van der Waals surface area contributed by atoms with Gasteiger partial charge in [-0.25, -0.2) is 17.6 Å². The number of aliphatic imine (C=N–C) groups is 1. The van der Waals surface area contributed by atoms with E-state index >= 15 is 0 Å². The maximum atomic E-state index is 12.8. The molecule has 1 aliphatic heterocycles. The molecule has 4 aromatic rings. The Labute approximate surface area is 299 Å². The van der Waals surface area contributed by atoms with E-state index in [0.717, 1.165) is 31.2 Å². The minimum atomic E-state index is -0.992. The van der Waals surface area contributed by atoms with Crippen LogP contribution in [0, 0.1) is 94.6 Å². The fourth-order valence-electron chi connectivity index (χ4n) is 4.01. The van der Waals surface area contributed by atoms with Gasteiger partial charge in [0.05, 0.1) is 67.1 Å². The first-order valence-electron chi connectivity index (χ1n) is 14.3. The Hall–Kier alpha value is -7.46. The zero-order valence-electron chi connectivity index (χ0n) is 28.2. The molecular formula is C31H27F4N7O12. The fraction of sp³-hybridized carbons (Fsp3) is 0.161. The van der Waals surface area contributed by atoms with Gasteiger partial charge < -0.3 is 10.8 Å². The average molecular weight is 766 g/mol. The molecule has 0 bridgehead atoms. The van der Waals surface area contributed by atoms with Gasteiger partial charge in [0.25, 0.3) is 34.4 Å². The van der Waals surface area contributed by atoms with E-state index in [4.69, 9.17) is 15.6 Å². The average Bonchev–Trinajstić information content (AvgIpc) is 3.53. The zero-order chi connectivity index (χ0) is 41.6. The van der Waals surface area contributed by atoms with Gasteiger partial charge in [0.15, 0.2) is 0 Å². The van der Waals surface area contributed by atoms with Crippen LogP contribution in [0.15, 0.2) is 59.6 Å². The lowest BCUT2D eigenvalue weighted by atomic mass is 10.1. The molecule has 0 fully saturated rings. The van der Waals surface area contributed by atoms with Crippen molar-refractivity contribution >= 4 is 46.3 Å². The van der Waals surface area contributed by atoms with Crippen molar-refractivity contribution in [3.05, 3.63) is 156 Å². The van der Waals surface area contributed by atoms with E-state index in [1.165, 1.54) is 38.3 Å². The molecular weight excluding hydrogens is 738 g/mol. The highest BCUT2D eigenvalue weighted by atomic mass is 19.1. The van der Waals surface area contributed by atoms with Gasteiger partial charge >= 0.3 is 0 Å². The maximum absolute atomic E-state index is 12.8. The van der Waals surface area contributed by atoms with Crippen molar-refractivity contribution in [2.45, 2.75) is 34.2 Å². The Morgan fingerprint density at radius 1 is 0.630 bits per heavy atom. The Balaban J connectivity index is 0.000000349. The molecule has 0 radical (unpaired) electrons. The number of nitrogens with two attached hydrogens (primary N) is 1. The van der Waals surface area contributed by atoms with E-state index in [-0.39, 0.29) is 28.3 Å². The minimum absolute atomic E-state index is 0.0988. The van der Waals surface area contributed by atoms with Crippen LogP contribution in [0.5, 0.6) is 0 Å². The standard InChI is InChI=1S/C8H5FN2O2.C7H5FN2O4.C7H7FN2O2.C7H6FNO2.C2H4O2/c9-6-1-5-3-10-4-7(5)8(2-6)11(12)13;1-4-6(9(11)12)2-5(8)3-7(4)10(13)14;1-4-6(9)2-5(8)3-7(4)10(11)12;1-5-2-3-6(8)4-7(5)9(10)11;1-2(3)4/h1-2,4H,3H2;2-3H,1H3;2-3H,9H2,1H3;2-4H,1H3;1H3,(H,3,4). The van der Waals surface area contributed by atoms with Crippen LogP contribution < -0.4 is 5.73 Å². The first-order chi connectivity index (χ1) is 25.0. The van der Waals surface area contributed by atoms with Gasteiger partial charge in [-0.1, -0.05) is 0 Å². The molecule has 23 heteroatoms. The predicted octanol–water partition coefficient (Wildman–Crippen LogP) is 7.37. The van der Waals surface area contributed by atoms with E-state index in [0.29, 0.717) is 40.9 Å². The van der Waals surface area contributed by atoms with Crippen molar-refractivity contribution in [2.75, 3.05) is 5.73 Å². The van der Waals surface area contributed by atoms with Gasteiger partial charge in [-0.05, 0) is 50.6 Å². The Kier molecular flexibility index (Phi) is 16.3. The lowest BCUT2D eigenvalue weighted by Crippen LogP contribution is -1.98. The molecule has 0 spiro atoms. The molecule has 4 aromatic carbocycles. The summed E-state index contributed by atoms with van der Waals surface area (Å²) < 4.78 is 50.5. The van der Waals surface area contributed by atoms with Crippen LogP contribution in [0.4, 0.5) is 51.7 Å². The number of fused-ring (bicyclic) bond motifs is 1. The van der Waals surface area contributed by atoms with Crippen LogP contribution in [0.25, 0.3) is 0 Å². The van der Waals surface area contributed by atoms with E-state index < -0.39 is 65.2 Å². The number of rotatable bonds is 5. The number of hydrogen-bond acceptors (Lipinski definition) is 13. The van der Waals surface area contributed by atoms with Crippen LogP contribution in [-0.2, 0) is 11.3 Å². The highest BCUT2D eigenvalue weighted by Gasteiger charge is 2.23. The molecule has 3 N–H and O–H groups in total. The summed E-state index contributed by atoms with van der Waals surface area (Å²) in [4.78, 5) is 61.0. The van der Waals surface area contributed by atoms with E-state index in [1.54, 1.807) is 6.92 Å². The van der Waals surface area contributed by atoms with E-state index in [1.807, 2.05) is 0 Å². The van der Waals surface area contributed by atoms with Gasteiger partial charge in [0.1, 0.15) is 28.8 Å². The number of carbonyl (C=O) groups is 1. The lowest BCUT2D eigenvalue weighted by molar-refractivity contribution is -0.395. The first-order valence-corrected chi connectivity index (χ1v) is 14.3. The second-order valence-electron chi connectivity index (χ2n) is 10.4. The Morgan fingerprint density at radius 2 is 1.00 bits per heavy atom. The number of hydrogen-bond donors (Lipinski definition) is 2. The predicted molar refractivity (Wildman–Crippen MR) is 182 cm³/mol. The largest absolute Gasteiger partial charge is 0.481 e. The topological polar surface area (TPSA) is 291 Å². The second kappa shape index (κ2) is 19.8. The number of aliphatic carboxylic acids is 1. The number of anilines is 1. The highest BCUT2D eigenvalue weighted by molar-refractivity contribution is 5.89. The molecule has 0 unspecified atom stereocenters. The summed E-state index contributed by atoms with van der Waals surface area (Å²) in [6.45, 7) is 5.66. The van der Waals surface area contributed by atoms with Crippen molar-refractivity contribution in [1.29, 1.82) is 0 Å². The van der Waals surface area contributed by atoms with Gasteiger partial charge in [-0.2, -0.15) is 0 Å². The van der Waals surface area contributed by atoms with E-state index in [9.17, 15) is 68.1 Å². The van der Waals surface area contributed by atoms with Gasteiger partial charge in [-0.3, -0.25) is 60.4 Å². The summed E-state index contributed by atoms with van der Waals surface area (Å²) in [7, 11) is 0. The van der Waals surface area contributed by atoms with Crippen molar-refractivity contribution in [3.8, 4) is 0 Å². The Bertz CT molecular complexity index is 2110. The van der Waals surface area contributed by atoms with Crippen molar-refractivity contribution < 1.29 is 52.1 Å². The van der Waals surface area contributed by atoms with Crippen molar-refractivity contribution in [1.82, 2.24) is 0 Å². The first kappa shape index (κ1) is 44.6. The summed E-state index contributed by atoms with van der Waals surface area (Å²) >= 11 is 0. The summed E-state index contributed by atoms with van der Waals surface area (Å²) in [6, 6.07) is 8.90. The number of nitrogens with zero attached hydrogens (tertiary/aromatic N) is 6. The number of nitrogen functional groups attached to an aromatic ring is 1. The number of halogens is 4. The summed E-state index contributed by atoms with van der Waals surface area (Å²) in [5.41, 5.74) is 5.18. The molecule has 0 saturated heterocycles. The molecule has 0 amide bonds. The highest BCUT2D eigenvalue weighted by Crippen LogP contribution is 2.29. The Morgan fingerprint density at radius 3 is 1.43 bits per heavy atom. The third-order valence-electron chi connectivity index (χ3n) is 6.55. The maximum Gasteiger partial charge on any atom is 0.300 e. The number of carboxylic acid groups (broad SMARTS) is 1. The van der Waals surface area contributed by atoms with Crippen LogP contribution in [0.2, 0.25) is 0 Å². The van der Waals surface area contributed by atoms with Crippen LogP contribution in [0.3, 0.4) is 0 Å². The number of benzene rings is 4. The monoisotopic (exact) mass is 765 g/mol. The number of carboxylic acids is 1. The van der Waals surface area contributed by atoms with Crippen LogP contribution in [0.1, 0.15) is 34.7 Å². The summed E-state index contributed by atoms with van der Waals surface area (Å²) in [5.74, 6) is -3.68. The van der Waals surface area contributed by atoms with Crippen molar-refractivity contribution in [2.24, 2.45) is 4.99 Å². The molecule has 0 aliphatic carbocycles. The molecule has 286 valence electrons. The van der Waals surface area contributed by atoms with Gasteiger partial charge in [0, 0.05) is 30.0 Å². The van der Waals surface area contributed by atoms with Crippen LogP contribution >= 0.6 is 0 Å². The summed E-state index contributed by atoms with van der Waals surface area (Å²) in [5, 5.41) is 59.2. The lowest BCUT2D eigenvalue weighted by Gasteiger charge is -2.00. The third kappa shape index (κ3) is 13.3. The molecule has 54 heavy (non-hydrogen) atoms.